The first-order valence-electron chi connectivity index (χ1n) is 7.88. The van der Waals surface area contributed by atoms with Crippen molar-refractivity contribution in [3.05, 3.63) is 71.5 Å². The normalized spacial score (nSPS) is 11.6. The minimum Gasteiger partial charge on any atom is -0.356 e. The van der Waals surface area contributed by atoms with Gasteiger partial charge >= 0.3 is 0 Å². The van der Waals surface area contributed by atoms with E-state index < -0.39 is 0 Å². The largest absolute Gasteiger partial charge is 0.356 e. The van der Waals surface area contributed by atoms with E-state index in [0.29, 0.717) is 18.5 Å². The van der Waals surface area contributed by atoms with Crippen LogP contribution in [0.5, 0.6) is 0 Å². The summed E-state index contributed by atoms with van der Waals surface area (Å²) in [6.45, 7) is 1.77. The van der Waals surface area contributed by atoms with Crippen molar-refractivity contribution in [3.63, 3.8) is 0 Å². The summed E-state index contributed by atoms with van der Waals surface area (Å²) in [6, 6.07) is 15.5. The number of amides is 2. The zero-order valence-electron chi connectivity index (χ0n) is 13.6. The van der Waals surface area contributed by atoms with Crippen molar-refractivity contribution in [2.45, 2.75) is 25.8 Å². The molecule has 2 N–H and O–H groups in total. The molecule has 0 aliphatic heterocycles. The highest BCUT2D eigenvalue weighted by Crippen LogP contribution is 2.16. The van der Waals surface area contributed by atoms with E-state index in [-0.39, 0.29) is 30.1 Å². The fraction of sp³-hybridized carbons (Fsp3) is 0.263. The van der Waals surface area contributed by atoms with Gasteiger partial charge in [-0.25, -0.2) is 4.39 Å². The Kier molecular flexibility index (Phi) is 6.49. The Hall–Kier alpha value is -2.69. The molecule has 0 aliphatic carbocycles. The van der Waals surface area contributed by atoms with E-state index in [1.54, 1.807) is 18.2 Å². The Bertz CT molecular complexity index is 689. The van der Waals surface area contributed by atoms with Crippen molar-refractivity contribution in [2.24, 2.45) is 0 Å². The van der Waals surface area contributed by atoms with E-state index in [9.17, 15) is 14.0 Å². The quantitative estimate of drug-likeness (QED) is 0.821. The molecule has 2 amide bonds. The first-order valence-corrected chi connectivity index (χ1v) is 7.88. The second kappa shape index (κ2) is 8.82. The zero-order valence-corrected chi connectivity index (χ0v) is 13.6. The molecule has 5 heteroatoms. The second-order valence-electron chi connectivity index (χ2n) is 5.56. The molecule has 2 aromatic carbocycles. The molecule has 0 radical (unpaired) electrons. The summed E-state index contributed by atoms with van der Waals surface area (Å²) >= 11 is 0. The molecule has 126 valence electrons. The van der Waals surface area contributed by atoms with Crippen molar-refractivity contribution in [1.82, 2.24) is 10.6 Å². The summed E-state index contributed by atoms with van der Waals surface area (Å²) < 4.78 is 13.5. The number of nitrogens with one attached hydrogen (secondary N) is 2. The highest BCUT2D eigenvalue weighted by molar-refractivity contribution is 5.79. The van der Waals surface area contributed by atoms with Gasteiger partial charge in [-0.1, -0.05) is 48.5 Å². The van der Waals surface area contributed by atoms with Crippen LogP contribution >= 0.6 is 0 Å². The molecule has 0 saturated carbocycles. The van der Waals surface area contributed by atoms with Crippen molar-refractivity contribution in [3.8, 4) is 0 Å². The van der Waals surface area contributed by atoms with Crippen LogP contribution in [0.2, 0.25) is 0 Å². The van der Waals surface area contributed by atoms with Crippen LogP contribution in [0.1, 0.15) is 30.5 Å². The lowest BCUT2D eigenvalue weighted by atomic mass is 10.0. The standard InChI is InChI=1S/C19H21FN2O2/c1-14(23)22-18(16-8-3-2-4-9-16)13-19(24)21-12-11-15-7-5-6-10-17(15)20/h2-10,18H,11-13H2,1H3,(H,21,24)(H,22,23). The Labute approximate surface area is 141 Å². The second-order valence-corrected chi connectivity index (χ2v) is 5.56. The predicted octanol–water partition coefficient (Wildman–Crippen LogP) is 2.75. The van der Waals surface area contributed by atoms with Crippen LogP contribution in [0.3, 0.4) is 0 Å². The maximum Gasteiger partial charge on any atom is 0.222 e. The van der Waals surface area contributed by atoms with E-state index in [1.165, 1.54) is 13.0 Å². The Morgan fingerprint density at radius 2 is 1.71 bits per heavy atom. The van der Waals surface area contributed by atoms with Crippen LogP contribution in [0.15, 0.2) is 54.6 Å². The summed E-state index contributed by atoms with van der Waals surface area (Å²) in [6.07, 6.45) is 0.565. The molecule has 2 aromatic rings. The molecule has 2 rings (SSSR count). The minimum atomic E-state index is -0.378. The number of carbonyl (C=O) groups excluding carboxylic acids is 2. The SMILES string of the molecule is CC(=O)NC(CC(=O)NCCc1ccccc1F)c1ccccc1. The predicted molar refractivity (Wildman–Crippen MR) is 90.7 cm³/mol. The van der Waals surface area contributed by atoms with E-state index in [1.807, 2.05) is 30.3 Å². The number of hydrogen-bond donors (Lipinski definition) is 2. The summed E-state index contributed by atoms with van der Waals surface area (Å²) in [4.78, 5) is 23.5. The third kappa shape index (κ3) is 5.50. The maximum absolute atomic E-state index is 13.5. The smallest absolute Gasteiger partial charge is 0.222 e. The molecule has 0 saturated heterocycles. The fourth-order valence-electron chi connectivity index (χ4n) is 2.48. The van der Waals surface area contributed by atoms with Crippen LogP contribution in [0.4, 0.5) is 4.39 Å². The average molecular weight is 328 g/mol. The molecule has 0 bridgehead atoms. The Morgan fingerprint density at radius 3 is 2.38 bits per heavy atom. The molecule has 0 aliphatic rings. The fourth-order valence-corrected chi connectivity index (χ4v) is 2.48. The number of benzene rings is 2. The maximum atomic E-state index is 13.5. The van der Waals surface area contributed by atoms with Gasteiger partial charge < -0.3 is 10.6 Å². The monoisotopic (exact) mass is 328 g/mol. The Morgan fingerprint density at radius 1 is 1.04 bits per heavy atom. The highest BCUT2D eigenvalue weighted by Gasteiger charge is 2.16. The Balaban J connectivity index is 1.88. The molecule has 0 aromatic heterocycles. The molecular weight excluding hydrogens is 307 g/mol. The number of carbonyl (C=O) groups is 2. The van der Waals surface area contributed by atoms with Crippen molar-refractivity contribution < 1.29 is 14.0 Å². The van der Waals surface area contributed by atoms with Gasteiger partial charge in [-0.2, -0.15) is 0 Å². The van der Waals surface area contributed by atoms with Gasteiger partial charge in [0.2, 0.25) is 11.8 Å². The molecule has 0 heterocycles. The van der Waals surface area contributed by atoms with Crippen LogP contribution in [0.25, 0.3) is 0 Å². The average Bonchev–Trinajstić information content (AvgIpc) is 2.56. The molecule has 1 atom stereocenters. The lowest BCUT2D eigenvalue weighted by molar-refractivity contribution is -0.122. The van der Waals surface area contributed by atoms with E-state index >= 15 is 0 Å². The molecule has 24 heavy (non-hydrogen) atoms. The topological polar surface area (TPSA) is 58.2 Å². The van der Waals surface area contributed by atoms with Gasteiger partial charge in [0.25, 0.3) is 0 Å². The summed E-state index contributed by atoms with van der Waals surface area (Å²) in [5, 5.41) is 5.56. The zero-order chi connectivity index (χ0) is 17.4. The summed E-state index contributed by atoms with van der Waals surface area (Å²) in [7, 11) is 0. The minimum absolute atomic E-state index is 0.140. The van der Waals surface area contributed by atoms with Gasteiger partial charge in [-0.15, -0.1) is 0 Å². The van der Waals surface area contributed by atoms with Gasteiger partial charge in [0, 0.05) is 13.5 Å². The number of rotatable bonds is 7. The number of halogens is 1. The third-order valence-corrected chi connectivity index (χ3v) is 3.64. The highest BCUT2D eigenvalue weighted by atomic mass is 19.1. The first-order chi connectivity index (χ1) is 11.6. The lowest BCUT2D eigenvalue weighted by Crippen LogP contribution is -2.33. The van der Waals surface area contributed by atoms with Crippen LogP contribution < -0.4 is 10.6 Å². The van der Waals surface area contributed by atoms with Gasteiger partial charge in [-0.05, 0) is 23.6 Å². The molecule has 0 spiro atoms. The van der Waals surface area contributed by atoms with Crippen molar-refractivity contribution in [2.75, 3.05) is 6.54 Å². The van der Waals surface area contributed by atoms with Crippen LogP contribution in [0, 0.1) is 5.82 Å². The van der Waals surface area contributed by atoms with E-state index in [0.717, 1.165) is 5.56 Å². The van der Waals surface area contributed by atoms with Gasteiger partial charge in [-0.3, -0.25) is 9.59 Å². The first kappa shape index (κ1) is 17.7. The lowest BCUT2D eigenvalue weighted by Gasteiger charge is -2.18. The van der Waals surface area contributed by atoms with Crippen molar-refractivity contribution >= 4 is 11.8 Å². The van der Waals surface area contributed by atoms with Gasteiger partial charge in [0.15, 0.2) is 0 Å². The summed E-state index contributed by atoms with van der Waals surface area (Å²) in [5.41, 5.74) is 1.44. The molecule has 1 unspecified atom stereocenters. The van der Waals surface area contributed by atoms with E-state index in [2.05, 4.69) is 10.6 Å². The van der Waals surface area contributed by atoms with E-state index in [4.69, 9.17) is 0 Å². The molecular formula is C19H21FN2O2. The molecule has 0 fully saturated rings. The number of hydrogen-bond acceptors (Lipinski definition) is 2. The van der Waals surface area contributed by atoms with Gasteiger partial charge in [0.05, 0.1) is 12.5 Å². The van der Waals surface area contributed by atoms with Gasteiger partial charge in [0.1, 0.15) is 5.82 Å². The van der Waals surface area contributed by atoms with Crippen LogP contribution in [-0.4, -0.2) is 18.4 Å². The molecule has 4 nitrogen and oxygen atoms in total. The van der Waals surface area contributed by atoms with Crippen LogP contribution in [-0.2, 0) is 16.0 Å². The summed E-state index contributed by atoms with van der Waals surface area (Å²) in [5.74, 6) is -0.649. The third-order valence-electron chi connectivity index (χ3n) is 3.64. The van der Waals surface area contributed by atoms with Crippen molar-refractivity contribution in [1.29, 1.82) is 0 Å².